The lowest BCUT2D eigenvalue weighted by atomic mass is 10.1. The first kappa shape index (κ1) is 19.5. The molecule has 1 amide bonds. The molecule has 0 aromatic heterocycles. The second-order valence-electron chi connectivity index (χ2n) is 4.14. The van der Waals surface area contributed by atoms with E-state index in [4.69, 9.17) is 5.73 Å². The number of nitrogens with zero attached hydrogens (tertiary/aromatic N) is 1. The van der Waals surface area contributed by atoms with Gasteiger partial charge in [0.1, 0.15) is 0 Å². The van der Waals surface area contributed by atoms with Crippen LogP contribution in [0.2, 0.25) is 0 Å². The Morgan fingerprint density at radius 1 is 1.33 bits per heavy atom. The second kappa shape index (κ2) is 9.16. The molecular formula is C12H21Cl2N3O. The average Bonchev–Trinajstić information content (AvgIpc) is 2.22. The van der Waals surface area contributed by atoms with Crippen LogP contribution in [-0.4, -0.2) is 31.4 Å². The lowest BCUT2D eigenvalue weighted by Gasteiger charge is -2.13. The van der Waals surface area contributed by atoms with E-state index in [0.29, 0.717) is 0 Å². The fourth-order valence-electron chi connectivity index (χ4n) is 1.47. The number of carbonyl (C=O) groups excluding carboxylic acids is 1. The Bertz CT molecular complexity index is 384. The number of nitrogens with one attached hydrogen (secondary N) is 1. The highest BCUT2D eigenvalue weighted by molar-refractivity contribution is 5.92. The number of halogens is 2. The number of amides is 1. The van der Waals surface area contributed by atoms with Crippen LogP contribution in [0.4, 0.5) is 5.69 Å². The topological polar surface area (TPSA) is 58.4 Å². The van der Waals surface area contributed by atoms with E-state index in [-0.39, 0.29) is 37.3 Å². The van der Waals surface area contributed by atoms with Gasteiger partial charge in [0.05, 0.1) is 6.54 Å². The first-order chi connectivity index (χ1) is 7.52. The molecule has 0 atom stereocenters. The van der Waals surface area contributed by atoms with Crippen molar-refractivity contribution < 1.29 is 4.79 Å². The predicted octanol–water partition coefficient (Wildman–Crippen LogP) is 1.80. The maximum absolute atomic E-state index is 11.2. The van der Waals surface area contributed by atoms with Gasteiger partial charge in [-0.05, 0) is 38.2 Å². The summed E-state index contributed by atoms with van der Waals surface area (Å²) in [5, 5.41) is 2.79. The Hall–Kier alpha value is -0.810. The Morgan fingerprint density at radius 3 is 2.44 bits per heavy atom. The molecule has 18 heavy (non-hydrogen) atoms. The van der Waals surface area contributed by atoms with Crippen LogP contribution in [0.3, 0.4) is 0 Å². The number of anilines is 1. The summed E-state index contributed by atoms with van der Waals surface area (Å²) >= 11 is 0. The molecular weight excluding hydrogens is 273 g/mol. The third-order valence-corrected chi connectivity index (χ3v) is 2.26. The van der Waals surface area contributed by atoms with Crippen molar-refractivity contribution in [2.45, 2.75) is 13.5 Å². The number of carbonyl (C=O) groups is 1. The zero-order chi connectivity index (χ0) is 12.1. The number of hydrogen-bond donors (Lipinski definition) is 2. The maximum atomic E-state index is 11.2. The number of hydrogen-bond acceptors (Lipinski definition) is 3. The summed E-state index contributed by atoms with van der Waals surface area (Å²) in [5.41, 5.74) is 8.33. The lowest BCUT2D eigenvalue weighted by molar-refractivity contribution is -0.114. The molecule has 0 saturated carbocycles. The molecule has 0 radical (unpaired) electrons. The summed E-state index contributed by atoms with van der Waals surface area (Å²) in [6.45, 7) is 2.83. The van der Waals surface area contributed by atoms with E-state index < -0.39 is 0 Å². The minimum Gasteiger partial charge on any atom is -0.325 e. The number of rotatable bonds is 4. The molecule has 0 spiro atoms. The maximum Gasteiger partial charge on any atom is 0.238 e. The lowest BCUT2D eigenvalue weighted by Crippen LogP contribution is -2.22. The summed E-state index contributed by atoms with van der Waals surface area (Å²) in [6.07, 6.45) is 0. The normalized spacial score (nSPS) is 9.39. The number of benzene rings is 1. The van der Waals surface area contributed by atoms with Gasteiger partial charge in [-0.2, -0.15) is 0 Å². The molecule has 4 nitrogen and oxygen atoms in total. The molecule has 0 aliphatic carbocycles. The molecule has 0 bridgehead atoms. The van der Waals surface area contributed by atoms with Crippen molar-refractivity contribution in [3.05, 3.63) is 29.3 Å². The van der Waals surface area contributed by atoms with E-state index in [2.05, 4.69) is 16.3 Å². The van der Waals surface area contributed by atoms with Crippen LogP contribution < -0.4 is 11.1 Å². The molecule has 1 aromatic carbocycles. The van der Waals surface area contributed by atoms with E-state index in [9.17, 15) is 4.79 Å². The second-order valence-corrected chi connectivity index (χ2v) is 4.14. The van der Waals surface area contributed by atoms with Gasteiger partial charge >= 0.3 is 0 Å². The van der Waals surface area contributed by atoms with Crippen molar-refractivity contribution in [2.75, 3.05) is 26.0 Å². The summed E-state index contributed by atoms with van der Waals surface area (Å²) in [4.78, 5) is 13.3. The van der Waals surface area contributed by atoms with E-state index in [1.807, 2.05) is 33.2 Å². The van der Waals surface area contributed by atoms with Crippen LogP contribution >= 0.6 is 24.8 Å². The summed E-state index contributed by atoms with van der Waals surface area (Å²) in [7, 11) is 4.02. The quantitative estimate of drug-likeness (QED) is 0.890. The minimum atomic E-state index is -0.162. The highest BCUT2D eigenvalue weighted by Gasteiger charge is 2.04. The highest BCUT2D eigenvalue weighted by Crippen LogP contribution is 2.17. The van der Waals surface area contributed by atoms with Crippen molar-refractivity contribution in [3.63, 3.8) is 0 Å². The predicted molar refractivity (Wildman–Crippen MR) is 80.8 cm³/mol. The molecule has 1 rings (SSSR count). The van der Waals surface area contributed by atoms with Crippen LogP contribution in [0.15, 0.2) is 18.2 Å². The third-order valence-electron chi connectivity index (χ3n) is 2.26. The van der Waals surface area contributed by atoms with Gasteiger partial charge in [0.15, 0.2) is 0 Å². The Kier molecular flexibility index (Phi) is 9.94. The Balaban J connectivity index is 0. The SMILES string of the molecule is Cc1ccc(CN(C)C)cc1NC(=O)CN.Cl.Cl. The number of aryl methyl sites for hydroxylation is 1. The van der Waals surface area contributed by atoms with Gasteiger partial charge in [-0.15, -0.1) is 24.8 Å². The van der Waals surface area contributed by atoms with Gasteiger partial charge in [0, 0.05) is 12.2 Å². The van der Waals surface area contributed by atoms with Gasteiger partial charge < -0.3 is 16.0 Å². The van der Waals surface area contributed by atoms with Crippen LogP contribution in [0.5, 0.6) is 0 Å². The van der Waals surface area contributed by atoms with Gasteiger partial charge in [-0.25, -0.2) is 0 Å². The van der Waals surface area contributed by atoms with Crippen molar-refractivity contribution in [1.82, 2.24) is 4.90 Å². The van der Waals surface area contributed by atoms with Crippen molar-refractivity contribution in [2.24, 2.45) is 5.73 Å². The van der Waals surface area contributed by atoms with Crippen LogP contribution in [0.25, 0.3) is 0 Å². The molecule has 0 unspecified atom stereocenters. The molecule has 0 fully saturated rings. The highest BCUT2D eigenvalue weighted by atomic mass is 35.5. The van der Waals surface area contributed by atoms with Crippen LogP contribution in [-0.2, 0) is 11.3 Å². The molecule has 6 heteroatoms. The first-order valence-electron chi connectivity index (χ1n) is 5.27. The van der Waals surface area contributed by atoms with Gasteiger partial charge in [-0.1, -0.05) is 12.1 Å². The Morgan fingerprint density at radius 2 is 1.94 bits per heavy atom. The van der Waals surface area contributed by atoms with Crippen molar-refractivity contribution in [1.29, 1.82) is 0 Å². The molecule has 1 aromatic rings. The molecule has 0 heterocycles. The first-order valence-corrected chi connectivity index (χ1v) is 5.27. The minimum absolute atomic E-state index is 0. The van der Waals surface area contributed by atoms with Crippen molar-refractivity contribution in [3.8, 4) is 0 Å². The van der Waals surface area contributed by atoms with E-state index in [1.54, 1.807) is 0 Å². The van der Waals surface area contributed by atoms with E-state index in [0.717, 1.165) is 17.8 Å². The zero-order valence-electron chi connectivity index (χ0n) is 10.9. The van der Waals surface area contributed by atoms with Crippen molar-refractivity contribution >= 4 is 36.4 Å². The van der Waals surface area contributed by atoms with Crippen LogP contribution in [0, 0.1) is 6.92 Å². The fourth-order valence-corrected chi connectivity index (χ4v) is 1.47. The third kappa shape index (κ3) is 6.21. The monoisotopic (exact) mass is 293 g/mol. The molecule has 3 N–H and O–H groups in total. The average molecular weight is 294 g/mol. The summed E-state index contributed by atoms with van der Waals surface area (Å²) < 4.78 is 0. The number of nitrogens with two attached hydrogens (primary N) is 1. The largest absolute Gasteiger partial charge is 0.325 e. The summed E-state index contributed by atoms with van der Waals surface area (Å²) in [5.74, 6) is -0.162. The molecule has 0 aliphatic rings. The smallest absolute Gasteiger partial charge is 0.238 e. The van der Waals surface area contributed by atoms with E-state index >= 15 is 0 Å². The fraction of sp³-hybridized carbons (Fsp3) is 0.417. The van der Waals surface area contributed by atoms with Gasteiger partial charge in [0.2, 0.25) is 5.91 Å². The molecule has 0 aliphatic heterocycles. The molecule has 104 valence electrons. The van der Waals surface area contributed by atoms with Crippen LogP contribution in [0.1, 0.15) is 11.1 Å². The zero-order valence-corrected chi connectivity index (χ0v) is 12.5. The summed E-state index contributed by atoms with van der Waals surface area (Å²) in [6, 6.07) is 6.06. The van der Waals surface area contributed by atoms with Gasteiger partial charge in [-0.3, -0.25) is 4.79 Å². The standard InChI is InChI=1S/C12H19N3O.2ClH/c1-9-4-5-10(8-15(2)3)6-11(9)14-12(16)7-13;;/h4-6H,7-8,13H2,1-3H3,(H,14,16);2*1H. The van der Waals surface area contributed by atoms with Gasteiger partial charge in [0.25, 0.3) is 0 Å². The Labute approximate surface area is 121 Å². The van der Waals surface area contributed by atoms with E-state index in [1.165, 1.54) is 5.56 Å². The molecule has 0 saturated heterocycles.